The van der Waals surface area contributed by atoms with Gasteiger partial charge in [0.15, 0.2) is 11.5 Å². The van der Waals surface area contributed by atoms with Gasteiger partial charge in [-0.25, -0.2) is 0 Å². The molecule has 9 heteroatoms. The summed E-state index contributed by atoms with van der Waals surface area (Å²) in [4.78, 5) is 0. The number of hydrogen-bond donors (Lipinski definition) is 4. The van der Waals surface area contributed by atoms with Gasteiger partial charge < -0.3 is 29.6 Å². The summed E-state index contributed by atoms with van der Waals surface area (Å²) >= 11 is 0. The van der Waals surface area contributed by atoms with Crippen molar-refractivity contribution in [3.8, 4) is 22.9 Å². The van der Waals surface area contributed by atoms with Crippen LogP contribution >= 0.6 is 0 Å². The highest BCUT2D eigenvalue weighted by Gasteiger charge is 2.35. The van der Waals surface area contributed by atoms with Gasteiger partial charge >= 0.3 is 7.48 Å². The third-order valence-electron chi connectivity index (χ3n) is 6.36. The number of nitrogens with zero attached hydrogens (tertiary/aromatic N) is 1. The zero-order valence-corrected chi connectivity index (χ0v) is 18.9. The summed E-state index contributed by atoms with van der Waals surface area (Å²) in [5, 5.41) is 42.9. The van der Waals surface area contributed by atoms with Gasteiger partial charge in [-0.15, -0.1) is 0 Å². The van der Waals surface area contributed by atoms with Crippen LogP contribution in [0.15, 0.2) is 42.5 Å². The molecule has 163 valence electrons. The molecule has 0 fully saturated rings. The Morgan fingerprint density at radius 2 is 1.45 bits per heavy atom. The van der Waals surface area contributed by atoms with Gasteiger partial charge in [0, 0.05) is 10.8 Å². The van der Waals surface area contributed by atoms with Crippen molar-refractivity contribution in [2.24, 2.45) is 0 Å². The third-order valence-corrected chi connectivity index (χ3v) is 6.36. The maximum atomic E-state index is 10.7. The average Bonchev–Trinajstić information content (AvgIpc) is 3.08. The van der Waals surface area contributed by atoms with Crippen molar-refractivity contribution >= 4 is 61.4 Å². The molecule has 4 aromatic rings. The molecule has 0 saturated heterocycles. The van der Waals surface area contributed by atoms with Crippen LogP contribution in [0.25, 0.3) is 27.5 Å². The van der Waals surface area contributed by atoms with Crippen LogP contribution in [0.2, 0.25) is 0 Å². The Kier molecular flexibility index (Phi) is 5.46. The van der Waals surface area contributed by atoms with Gasteiger partial charge in [0.05, 0.1) is 27.9 Å². The van der Waals surface area contributed by atoms with E-state index in [1.165, 1.54) is 0 Å². The number of phenolic OH excluding ortho intramolecular Hbond substituents is 3. The van der Waals surface area contributed by atoms with E-state index >= 15 is 0 Å². The fourth-order valence-corrected chi connectivity index (χ4v) is 3.63. The van der Waals surface area contributed by atoms with Crippen molar-refractivity contribution in [3.05, 3.63) is 42.5 Å². The molecule has 0 saturated carbocycles. The zero-order valence-electron chi connectivity index (χ0n) is 18.9. The molecule has 0 aliphatic rings. The minimum Gasteiger partial charge on any atom is -0.505 e. The summed E-state index contributed by atoms with van der Waals surface area (Å²) in [6.07, 6.45) is 0. The molecule has 6 nitrogen and oxygen atoms in total. The first-order chi connectivity index (χ1) is 15.3. The summed E-state index contributed by atoms with van der Waals surface area (Å²) in [6.45, 7) is 6.99. The molecule has 1 aromatic heterocycles. The minimum atomic E-state index is -1.06. The van der Waals surface area contributed by atoms with Gasteiger partial charge in [-0.1, -0.05) is 46.7 Å². The number of aliphatic hydroxyl groups is 1. The largest absolute Gasteiger partial charge is 0.505 e. The SMILES string of the molecule is [B]c1c([B])c(-n2c3ccccc3c3cc([B]OC(C)(C)C(C)(C)O)ccc32)c(O)c(O)c1O. The molecule has 0 bridgehead atoms. The molecule has 3 aromatic carbocycles. The van der Waals surface area contributed by atoms with Crippen molar-refractivity contribution in [1.29, 1.82) is 0 Å². The molecule has 0 aliphatic carbocycles. The number of phenols is 3. The first-order valence-electron chi connectivity index (χ1n) is 10.4. The molecule has 5 radical (unpaired) electrons. The van der Waals surface area contributed by atoms with E-state index in [9.17, 15) is 20.4 Å². The molecule has 0 spiro atoms. The van der Waals surface area contributed by atoms with Gasteiger partial charge in [-0.3, -0.25) is 0 Å². The Morgan fingerprint density at radius 3 is 2.12 bits per heavy atom. The number of aromatic hydroxyl groups is 3. The Morgan fingerprint density at radius 1 is 0.818 bits per heavy atom. The highest BCUT2D eigenvalue weighted by molar-refractivity contribution is 6.52. The van der Waals surface area contributed by atoms with E-state index in [1.54, 1.807) is 39.7 Å². The standard InChI is InChI=1S/C24H23B3NO5/c1-23(2,32)24(3,4)33-27-12-9-10-16-14(11-12)13-7-5-6-8-15(13)28(16)19-17(25)18(26)20(29)22(31)21(19)30/h5-11,29-32H,1-4H3. The number of benzene rings is 3. The van der Waals surface area contributed by atoms with Crippen molar-refractivity contribution in [3.63, 3.8) is 0 Å². The van der Waals surface area contributed by atoms with E-state index in [0.717, 1.165) is 16.2 Å². The number of hydrogen-bond acceptors (Lipinski definition) is 5. The fraction of sp³-hybridized carbons (Fsp3) is 0.250. The molecule has 1 heterocycles. The van der Waals surface area contributed by atoms with Crippen molar-refractivity contribution in [2.45, 2.75) is 38.9 Å². The van der Waals surface area contributed by atoms with Crippen LogP contribution in [0, 0.1) is 0 Å². The third kappa shape index (κ3) is 3.65. The van der Waals surface area contributed by atoms with Crippen LogP contribution in [-0.2, 0) is 4.65 Å². The van der Waals surface area contributed by atoms with Crippen molar-refractivity contribution < 1.29 is 25.1 Å². The quantitative estimate of drug-likeness (QED) is 0.279. The Bertz CT molecular complexity index is 1360. The van der Waals surface area contributed by atoms with E-state index in [4.69, 9.17) is 20.3 Å². The highest BCUT2D eigenvalue weighted by atomic mass is 16.5. The topological polar surface area (TPSA) is 95.1 Å². The molecule has 33 heavy (non-hydrogen) atoms. The second-order valence-electron chi connectivity index (χ2n) is 9.16. The maximum absolute atomic E-state index is 10.7. The van der Waals surface area contributed by atoms with Crippen molar-refractivity contribution in [1.82, 2.24) is 4.57 Å². The molecule has 0 atom stereocenters. The molecule has 0 aliphatic heterocycles. The number of aromatic nitrogens is 1. The molecule has 4 rings (SSSR count). The molecule has 0 amide bonds. The zero-order chi connectivity index (χ0) is 24.3. The summed E-state index contributed by atoms with van der Waals surface area (Å²) in [5.74, 6) is -1.99. The first kappa shape index (κ1) is 23.1. The van der Waals surface area contributed by atoms with Gasteiger partial charge in [0.1, 0.15) is 15.7 Å². The normalized spacial score (nSPS) is 12.5. The van der Waals surface area contributed by atoms with E-state index in [0.29, 0.717) is 11.0 Å². The summed E-state index contributed by atoms with van der Waals surface area (Å²) in [7, 11) is 13.6. The molecular formula is C24H23B3NO5. The minimum absolute atomic E-state index is 0.0589. The lowest BCUT2D eigenvalue weighted by Crippen LogP contribution is -2.49. The van der Waals surface area contributed by atoms with Crippen LogP contribution in [0.4, 0.5) is 0 Å². The van der Waals surface area contributed by atoms with E-state index < -0.39 is 28.5 Å². The molecular weight excluding hydrogens is 415 g/mol. The average molecular weight is 438 g/mol. The summed E-state index contributed by atoms with van der Waals surface area (Å²) in [6, 6.07) is 13.1. The predicted octanol–water partition coefficient (Wildman–Crippen LogP) is 1.30. The van der Waals surface area contributed by atoms with E-state index in [-0.39, 0.29) is 16.6 Å². The second kappa shape index (κ2) is 7.78. The predicted molar refractivity (Wildman–Crippen MR) is 133 cm³/mol. The van der Waals surface area contributed by atoms with E-state index in [1.807, 2.05) is 42.5 Å². The lowest BCUT2D eigenvalue weighted by Gasteiger charge is -2.37. The fourth-order valence-electron chi connectivity index (χ4n) is 3.63. The summed E-state index contributed by atoms with van der Waals surface area (Å²) < 4.78 is 7.59. The maximum Gasteiger partial charge on any atom is 0.330 e. The van der Waals surface area contributed by atoms with Crippen LogP contribution < -0.4 is 16.4 Å². The first-order valence-corrected chi connectivity index (χ1v) is 10.4. The number of rotatable bonds is 5. The highest BCUT2D eigenvalue weighted by Crippen LogP contribution is 2.40. The second-order valence-corrected chi connectivity index (χ2v) is 9.16. The van der Waals surface area contributed by atoms with Crippen molar-refractivity contribution in [2.75, 3.05) is 0 Å². The van der Waals surface area contributed by atoms with Gasteiger partial charge in [0.2, 0.25) is 5.75 Å². The molecule has 4 N–H and O–H groups in total. The lowest BCUT2D eigenvalue weighted by atomic mass is 9.78. The number of para-hydroxylation sites is 1. The summed E-state index contributed by atoms with van der Waals surface area (Å²) in [5.41, 5.74) is 0.0972. The van der Waals surface area contributed by atoms with Crippen LogP contribution in [0.1, 0.15) is 27.7 Å². The number of fused-ring (bicyclic) bond motifs is 3. The van der Waals surface area contributed by atoms with Crippen LogP contribution in [0.5, 0.6) is 17.2 Å². The smallest absolute Gasteiger partial charge is 0.330 e. The van der Waals surface area contributed by atoms with Crippen LogP contribution in [0.3, 0.4) is 0 Å². The molecule has 0 unspecified atom stereocenters. The van der Waals surface area contributed by atoms with Gasteiger partial charge in [0.25, 0.3) is 0 Å². The monoisotopic (exact) mass is 438 g/mol. The van der Waals surface area contributed by atoms with E-state index in [2.05, 4.69) is 0 Å². The Labute approximate surface area is 195 Å². The Balaban J connectivity index is 1.92. The lowest BCUT2D eigenvalue weighted by molar-refractivity contribution is -0.0893. The van der Waals surface area contributed by atoms with Gasteiger partial charge in [-0.05, 0) is 39.8 Å². The van der Waals surface area contributed by atoms with Crippen LogP contribution in [-0.4, -0.2) is 59.4 Å². The Hall–Kier alpha value is -3.03. The van der Waals surface area contributed by atoms with Gasteiger partial charge in [-0.2, -0.15) is 0 Å².